The maximum Gasteiger partial charge on any atom is 0.224 e. The maximum atomic E-state index is 11.9. The van der Waals surface area contributed by atoms with Crippen molar-refractivity contribution in [2.75, 3.05) is 26.1 Å². The van der Waals surface area contributed by atoms with Gasteiger partial charge in [0, 0.05) is 18.2 Å². The molecule has 0 unspecified atom stereocenters. The third-order valence-electron chi connectivity index (χ3n) is 3.47. The van der Waals surface area contributed by atoms with Gasteiger partial charge in [-0.05, 0) is 42.8 Å². The summed E-state index contributed by atoms with van der Waals surface area (Å²) in [5.74, 6) is 1.71. The predicted octanol–water partition coefficient (Wildman–Crippen LogP) is 3.37. The van der Waals surface area contributed by atoms with E-state index >= 15 is 0 Å². The van der Waals surface area contributed by atoms with Crippen molar-refractivity contribution in [2.24, 2.45) is 0 Å². The van der Waals surface area contributed by atoms with Crippen LogP contribution in [0.1, 0.15) is 18.4 Å². The zero-order valence-electron chi connectivity index (χ0n) is 14.2. The zero-order valence-corrected chi connectivity index (χ0v) is 14.2. The van der Waals surface area contributed by atoms with Crippen LogP contribution in [0, 0.1) is 11.3 Å². The van der Waals surface area contributed by atoms with Gasteiger partial charge in [-0.3, -0.25) is 4.79 Å². The SMILES string of the molecule is COc1ccc(NC(=O)CCCOc2ccc(C#N)cc2OC)cc1. The molecule has 0 saturated heterocycles. The van der Waals surface area contributed by atoms with Crippen molar-refractivity contribution in [1.29, 1.82) is 5.26 Å². The van der Waals surface area contributed by atoms with Gasteiger partial charge in [0.1, 0.15) is 5.75 Å². The lowest BCUT2D eigenvalue weighted by Crippen LogP contribution is -2.12. The van der Waals surface area contributed by atoms with Gasteiger partial charge in [0.15, 0.2) is 11.5 Å². The molecule has 2 aromatic carbocycles. The number of nitrogens with zero attached hydrogens (tertiary/aromatic N) is 1. The molecule has 0 radical (unpaired) electrons. The Morgan fingerprint density at radius 1 is 1.08 bits per heavy atom. The van der Waals surface area contributed by atoms with Gasteiger partial charge in [0.05, 0.1) is 32.5 Å². The summed E-state index contributed by atoms with van der Waals surface area (Å²) in [5.41, 5.74) is 1.23. The first-order chi connectivity index (χ1) is 12.2. The van der Waals surface area contributed by atoms with Gasteiger partial charge < -0.3 is 19.5 Å². The van der Waals surface area contributed by atoms with Crippen molar-refractivity contribution in [3.63, 3.8) is 0 Å². The number of ether oxygens (including phenoxy) is 3. The van der Waals surface area contributed by atoms with Crippen molar-refractivity contribution >= 4 is 11.6 Å². The molecule has 130 valence electrons. The lowest BCUT2D eigenvalue weighted by atomic mass is 10.2. The van der Waals surface area contributed by atoms with Crippen LogP contribution in [0.4, 0.5) is 5.69 Å². The quantitative estimate of drug-likeness (QED) is 0.745. The summed E-state index contributed by atoms with van der Waals surface area (Å²) in [6.45, 7) is 0.373. The van der Waals surface area contributed by atoms with Crippen molar-refractivity contribution in [3.8, 4) is 23.3 Å². The number of methoxy groups -OCH3 is 2. The minimum atomic E-state index is -0.0828. The fourth-order valence-electron chi connectivity index (χ4n) is 2.17. The predicted molar refractivity (Wildman–Crippen MR) is 94.1 cm³/mol. The summed E-state index contributed by atoms with van der Waals surface area (Å²) in [6, 6.07) is 14.2. The molecular formula is C19H20N2O4. The van der Waals surface area contributed by atoms with Crippen molar-refractivity contribution in [3.05, 3.63) is 48.0 Å². The summed E-state index contributed by atoms with van der Waals surface area (Å²) < 4.78 is 15.9. The number of nitrogens with one attached hydrogen (secondary N) is 1. The van der Waals surface area contributed by atoms with Gasteiger partial charge in [-0.2, -0.15) is 5.26 Å². The Labute approximate surface area is 146 Å². The van der Waals surface area contributed by atoms with Gasteiger partial charge >= 0.3 is 0 Å². The van der Waals surface area contributed by atoms with Crippen LogP contribution in [0.3, 0.4) is 0 Å². The maximum absolute atomic E-state index is 11.9. The number of hydrogen-bond donors (Lipinski definition) is 1. The lowest BCUT2D eigenvalue weighted by molar-refractivity contribution is -0.116. The topological polar surface area (TPSA) is 80.6 Å². The van der Waals surface area contributed by atoms with Crippen LogP contribution in [0.5, 0.6) is 17.2 Å². The van der Waals surface area contributed by atoms with Gasteiger partial charge in [-0.1, -0.05) is 0 Å². The van der Waals surface area contributed by atoms with E-state index in [-0.39, 0.29) is 5.91 Å². The van der Waals surface area contributed by atoms with Crippen LogP contribution in [-0.4, -0.2) is 26.7 Å². The molecule has 0 saturated carbocycles. The Morgan fingerprint density at radius 2 is 1.84 bits per heavy atom. The number of nitriles is 1. The molecule has 1 N–H and O–H groups in total. The first-order valence-electron chi connectivity index (χ1n) is 7.81. The van der Waals surface area contributed by atoms with Gasteiger partial charge in [0.25, 0.3) is 0 Å². The summed E-state index contributed by atoms with van der Waals surface area (Å²) in [4.78, 5) is 11.9. The van der Waals surface area contributed by atoms with E-state index in [2.05, 4.69) is 5.32 Å². The molecule has 2 aromatic rings. The second kappa shape index (κ2) is 9.18. The van der Waals surface area contributed by atoms with Gasteiger partial charge in [-0.15, -0.1) is 0 Å². The molecule has 6 heteroatoms. The van der Waals surface area contributed by atoms with Gasteiger partial charge in [0.2, 0.25) is 5.91 Å². The number of carbonyl (C=O) groups is 1. The van der Waals surface area contributed by atoms with Crippen LogP contribution in [0.25, 0.3) is 0 Å². The summed E-state index contributed by atoms with van der Waals surface area (Å²) in [7, 11) is 3.11. The molecule has 0 aliphatic carbocycles. The number of rotatable bonds is 8. The lowest BCUT2D eigenvalue weighted by Gasteiger charge is -2.11. The molecule has 0 aliphatic rings. The Bertz CT molecular complexity index is 751. The largest absolute Gasteiger partial charge is 0.497 e. The van der Waals surface area contributed by atoms with Crippen LogP contribution in [0.15, 0.2) is 42.5 Å². The number of carbonyl (C=O) groups excluding carboxylic acids is 1. The van der Waals surface area contributed by atoms with Crippen LogP contribution in [0.2, 0.25) is 0 Å². The summed E-state index contributed by atoms with van der Waals surface area (Å²) >= 11 is 0. The van der Waals surface area contributed by atoms with Crippen LogP contribution < -0.4 is 19.5 Å². The Hall–Kier alpha value is -3.20. The smallest absolute Gasteiger partial charge is 0.224 e. The Balaban J connectivity index is 1.77. The molecule has 0 heterocycles. The minimum absolute atomic E-state index is 0.0828. The summed E-state index contributed by atoms with van der Waals surface area (Å²) in [6.07, 6.45) is 0.899. The molecule has 0 fully saturated rings. The molecule has 0 aliphatic heterocycles. The van der Waals surface area contributed by atoms with Crippen molar-refractivity contribution < 1.29 is 19.0 Å². The number of hydrogen-bond acceptors (Lipinski definition) is 5. The molecule has 0 atom stereocenters. The number of anilines is 1. The van der Waals surface area contributed by atoms with E-state index in [4.69, 9.17) is 19.5 Å². The number of benzene rings is 2. The highest BCUT2D eigenvalue weighted by Crippen LogP contribution is 2.28. The van der Waals surface area contributed by atoms with Crippen molar-refractivity contribution in [2.45, 2.75) is 12.8 Å². The highest BCUT2D eigenvalue weighted by atomic mass is 16.5. The number of amides is 1. The molecule has 25 heavy (non-hydrogen) atoms. The molecule has 0 spiro atoms. The van der Waals surface area contributed by atoms with E-state index in [1.54, 1.807) is 49.6 Å². The van der Waals surface area contributed by atoms with E-state index in [1.165, 1.54) is 7.11 Å². The summed E-state index contributed by atoms with van der Waals surface area (Å²) in [5, 5.41) is 11.7. The molecule has 2 rings (SSSR count). The van der Waals surface area contributed by atoms with Gasteiger partial charge in [-0.25, -0.2) is 0 Å². The monoisotopic (exact) mass is 340 g/mol. The normalized spacial score (nSPS) is 9.80. The molecule has 6 nitrogen and oxygen atoms in total. The Morgan fingerprint density at radius 3 is 2.48 bits per heavy atom. The molecule has 0 aromatic heterocycles. The van der Waals surface area contributed by atoms with Crippen molar-refractivity contribution in [1.82, 2.24) is 0 Å². The van der Waals surface area contributed by atoms with Crippen LogP contribution in [-0.2, 0) is 4.79 Å². The van der Waals surface area contributed by atoms with E-state index < -0.39 is 0 Å². The molecular weight excluding hydrogens is 320 g/mol. The first-order valence-corrected chi connectivity index (χ1v) is 7.81. The second-order valence-electron chi connectivity index (χ2n) is 5.21. The first kappa shape index (κ1) is 18.1. The fraction of sp³-hybridized carbons (Fsp3) is 0.263. The van der Waals surface area contributed by atoms with E-state index in [0.29, 0.717) is 36.5 Å². The third-order valence-corrected chi connectivity index (χ3v) is 3.47. The highest BCUT2D eigenvalue weighted by Gasteiger charge is 2.07. The third kappa shape index (κ3) is 5.43. The van der Waals surface area contributed by atoms with E-state index in [9.17, 15) is 4.79 Å². The Kier molecular flexibility index (Phi) is 6.66. The fourth-order valence-corrected chi connectivity index (χ4v) is 2.17. The molecule has 0 bridgehead atoms. The van der Waals surface area contributed by atoms with E-state index in [0.717, 1.165) is 11.4 Å². The minimum Gasteiger partial charge on any atom is -0.497 e. The molecule has 1 amide bonds. The highest BCUT2D eigenvalue weighted by molar-refractivity contribution is 5.90. The standard InChI is InChI=1S/C19H20N2O4/c1-23-16-8-6-15(7-9-16)21-19(22)4-3-11-25-17-10-5-14(13-20)12-18(17)24-2/h5-10,12H,3-4,11H2,1-2H3,(H,21,22). The average Bonchev–Trinajstić information content (AvgIpc) is 2.65. The van der Waals surface area contributed by atoms with E-state index in [1.807, 2.05) is 6.07 Å². The second-order valence-corrected chi connectivity index (χ2v) is 5.21. The van der Waals surface area contributed by atoms with Crippen LogP contribution >= 0.6 is 0 Å². The zero-order chi connectivity index (χ0) is 18.1. The average molecular weight is 340 g/mol.